The van der Waals surface area contributed by atoms with Gasteiger partial charge in [-0.15, -0.1) is 0 Å². The van der Waals surface area contributed by atoms with Crippen LogP contribution in [-0.4, -0.2) is 13.7 Å². The number of hydrogen-bond acceptors (Lipinski definition) is 2. The van der Waals surface area contributed by atoms with Gasteiger partial charge in [-0.25, -0.2) is 4.39 Å². The van der Waals surface area contributed by atoms with Crippen molar-refractivity contribution in [1.29, 1.82) is 0 Å². The molecule has 0 heterocycles. The van der Waals surface area contributed by atoms with E-state index >= 15 is 0 Å². The lowest BCUT2D eigenvalue weighted by molar-refractivity contribution is 0.318. The summed E-state index contributed by atoms with van der Waals surface area (Å²) in [4.78, 5) is 0. The van der Waals surface area contributed by atoms with E-state index in [-0.39, 0.29) is 12.4 Å². The van der Waals surface area contributed by atoms with Crippen LogP contribution in [0.5, 0.6) is 11.5 Å². The molecule has 1 rings (SSSR count). The molecule has 76 valence electrons. The molecule has 0 aliphatic rings. The van der Waals surface area contributed by atoms with E-state index in [1.54, 1.807) is 38.3 Å². The first-order valence-electron chi connectivity index (χ1n) is 4.34. The number of rotatable bonds is 4. The lowest BCUT2D eigenvalue weighted by atomic mass is 10.3. The number of methoxy groups -OCH3 is 1. The van der Waals surface area contributed by atoms with E-state index < -0.39 is 0 Å². The minimum absolute atomic E-state index is 0.0250. The maximum absolute atomic E-state index is 12.7. The second-order valence-corrected chi connectivity index (χ2v) is 2.70. The molecule has 0 radical (unpaired) electrons. The van der Waals surface area contributed by atoms with Crippen molar-refractivity contribution in [1.82, 2.24) is 0 Å². The normalized spacial score (nSPS) is 11.2. The Balaban J connectivity index is 2.52. The molecular weight excluding hydrogens is 183 g/mol. The first kappa shape index (κ1) is 10.6. The van der Waals surface area contributed by atoms with Gasteiger partial charge in [-0.05, 0) is 31.2 Å². The lowest BCUT2D eigenvalue weighted by Gasteiger charge is -2.05. The fourth-order valence-corrected chi connectivity index (χ4v) is 0.908. The fraction of sp³-hybridized carbons (Fsp3) is 0.273. The molecule has 0 amide bonds. The van der Waals surface area contributed by atoms with Gasteiger partial charge in [0.15, 0.2) is 0 Å². The Morgan fingerprint density at radius 1 is 1.29 bits per heavy atom. The van der Waals surface area contributed by atoms with Gasteiger partial charge in [-0.1, -0.05) is 6.08 Å². The molecule has 0 N–H and O–H groups in total. The molecule has 14 heavy (non-hydrogen) atoms. The van der Waals surface area contributed by atoms with Gasteiger partial charge in [0.1, 0.15) is 23.9 Å². The summed E-state index contributed by atoms with van der Waals surface area (Å²) in [5.74, 6) is 1.10. The Hall–Kier alpha value is -1.51. The lowest BCUT2D eigenvalue weighted by Crippen LogP contribution is -1.97. The smallest absolute Gasteiger partial charge is 0.139 e. The predicted octanol–water partition coefficient (Wildman–Crippen LogP) is 2.95. The van der Waals surface area contributed by atoms with Crippen molar-refractivity contribution in [3.8, 4) is 11.5 Å². The summed E-state index contributed by atoms with van der Waals surface area (Å²) in [7, 11) is 1.59. The molecule has 1 aromatic carbocycles. The standard InChI is InChI=1S/C11H13FO2/c1-3-9(12)8-14-11-6-4-10(13-2)5-7-11/h3-7H,8H2,1-2H3/b9-3+. The van der Waals surface area contributed by atoms with Crippen LogP contribution in [0.1, 0.15) is 6.92 Å². The number of allylic oxidation sites excluding steroid dienone is 1. The monoisotopic (exact) mass is 196 g/mol. The van der Waals surface area contributed by atoms with Gasteiger partial charge in [-0.2, -0.15) is 0 Å². The largest absolute Gasteiger partial charge is 0.497 e. The number of benzene rings is 1. The van der Waals surface area contributed by atoms with Crippen LogP contribution >= 0.6 is 0 Å². The van der Waals surface area contributed by atoms with Crippen LogP contribution in [-0.2, 0) is 0 Å². The maximum atomic E-state index is 12.7. The van der Waals surface area contributed by atoms with Crippen LogP contribution in [0.15, 0.2) is 36.2 Å². The molecule has 0 fully saturated rings. The molecule has 3 heteroatoms. The maximum Gasteiger partial charge on any atom is 0.139 e. The topological polar surface area (TPSA) is 18.5 Å². The molecular formula is C11H13FO2. The number of ether oxygens (including phenoxy) is 2. The Morgan fingerprint density at radius 3 is 2.36 bits per heavy atom. The highest BCUT2D eigenvalue weighted by Crippen LogP contribution is 2.17. The molecule has 0 bridgehead atoms. The Labute approximate surface area is 83.0 Å². The second kappa shape index (κ2) is 5.27. The van der Waals surface area contributed by atoms with Crippen molar-refractivity contribution in [2.45, 2.75) is 6.92 Å². The third-order valence-electron chi connectivity index (χ3n) is 1.75. The number of halogens is 1. The van der Waals surface area contributed by atoms with Crippen molar-refractivity contribution < 1.29 is 13.9 Å². The molecule has 0 aromatic heterocycles. The van der Waals surface area contributed by atoms with Crippen molar-refractivity contribution >= 4 is 0 Å². The molecule has 0 aliphatic carbocycles. The van der Waals surface area contributed by atoms with Crippen molar-refractivity contribution in [3.05, 3.63) is 36.2 Å². The van der Waals surface area contributed by atoms with Gasteiger partial charge in [0.25, 0.3) is 0 Å². The quantitative estimate of drug-likeness (QED) is 0.737. The first-order valence-corrected chi connectivity index (χ1v) is 4.34. The van der Waals surface area contributed by atoms with E-state index in [0.29, 0.717) is 5.75 Å². The molecule has 2 nitrogen and oxygen atoms in total. The van der Waals surface area contributed by atoms with Crippen LogP contribution in [0.4, 0.5) is 4.39 Å². The van der Waals surface area contributed by atoms with Gasteiger partial charge in [0, 0.05) is 0 Å². The van der Waals surface area contributed by atoms with E-state index in [1.165, 1.54) is 6.08 Å². The predicted molar refractivity (Wildman–Crippen MR) is 53.4 cm³/mol. The summed E-state index contributed by atoms with van der Waals surface area (Å²) < 4.78 is 22.8. The fourth-order valence-electron chi connectivity index (χ4n) is 0.908. The molecule has 0 unspecified atom stereocenters. The zero-order valence-electron chi connectivity index (χ0n) is 8.29. The minimum Gasteiger partial charge on any atom is -0.497 e. The van der Waals surface area contributed by atoms with Crippen molar-refractivity contribution in [3.63, 3.8) is 0 Å². The van der Waals surface area contributed by atoms with Gasteiger partial charge < -0.3 is 9.47 Å². The van der Waals surface area contributed by atoms with Crippen LogP contribution in [0, 0.1) is 0 Å². The van der Waals surface area contributed by atoms with E-state index in [4.69, 9.17) is 9.47 Å². The second-order valence-electron chi connectivity index (χ2n) is 2.70. The summed E-state index contributed by atoms with van der Waals surface area (Å²) in [6.07, 6.45) is 1.38. The SMILES string of the molecule is C/C=C(/F)COc1ccc(OC)cc1. The van der Waals surface area contributed by atoms with Gasteiger partial charge in [0.2, 0.25) is 0 Å². The zero-order valence-corrected chi connectivity index (χ0v) is 8.29. The van der Waals surface area contributed by atoms with E-state index in [1.807, 2.05) is 0 Å². The van der Waals surface area contributed by atoms with Crippen LogP contribution in [0.25, 0.3) is 0 Å². The van der Waals surface area contributed by atoms with E-state index in [0.717, 1.165) is 5.75 Å². The van der Waals surface area contributed by atoms with Crippen LogP contribution in [0.3, 0.4) is 0 Å². The van der Waals surface area contributed by atoms with Gasteiger partial charge in [-0.3, -0.25) is 0 Å². The average Bonchev–Trinajstić information content (AvgIpc) is 2.26. The Kier molecular flexibility index (Phi) is 3.98. The van der Waals surface area contributed by atoms with Crippen LogP contribution < -0.4 is 9.47 Å². The first-order chi connectivity index (χ1) is 6.76. The third kappa shape index (κ3) is 3.09. The van der Waals surface area contributed by atoms with E-state index in [2.05, 4.69) is 0 Å². The molecule has 1 aromatic rings. The highest BCUT2D eigenvalue weighted by molar-refractivity contribution is 5.31. The van der Waals surface area contributed by atoms with Crippen molar-refractivity contribution in [2.24, 2.45) is 0 Å². The minimum atomic E-state index is -0.277. The molecule has 0 saturated carbocycles. The van der Waals surface area contributed by atoms with Gasteiger partial charge in [0.05, 0.1) is 7.11 Å². The molecule has 0 aliphatic heterocycles. The zero-order chi connectivity index (χ0) is 10.4. The van der Waals surface area contributed by atoms with Crippen molar-refractivity contribution in [2.75, 3.05) is 13.7 Å². The molecule has 0 spiro atoms. The Bertz CT molecular complexity index is 304. The molecule has 0 atom stereocenters. The highest BCUT2D eigenvalue weighted by Gasteiger charge is 1.96. The summed E-state index contributed by atoms with van der Waals surface area (Å²) in [6.45, 7) is 1.61. The number of hydrogen-bond donors (Lipinski definition) is 0. The summed E-state index contributed by atoms with van der Waals surface area (Å²) in [5.41, 5.74) is 0. The van der Waals surface area contributed by atoms with Crippen LogP contribution in [0.2, 0.25) is 0 Å². The average molecular weight is 196 g/mol. The third-order valence-corrected chi connectivity index (χ3v) is 1.75. The Morgan fingerprint density at radius 2 is 1.86 bits per heavy atom. The van der Waals surface area contributed by atoms with Gasteiger partial charge >= 0.3 is 0 Å². The highest BCUT2D eigenvalue weighted by atomic mass is 19.1. The van der Waals surface area contributed by atoms with E-state index in [9.17, 15) is 4.39 Å². The summed E-state index contributed by atoms with van der Waals surface area (Å²) in [6, 6.07) is 7.01. The summed E-state index contributed by atoms with van der Waals surface area (Å²) in [5, 5.41) is 0. The molecule has 0 saturated heterocycles. The summed E-state index contributed by atoms with van der Waals surface area (Å²) >= 11 is 0.